The Hall–Kier alpha value is -1.77. The van der Waals surface area contributed by atoms with E-state index < -0.39 is 0 Å². The normalized spacial score (nSPS) is 18.1. The number of carbonyl (C=O) groups is 3. The van der Waals surface area contributed by atoms with E-state index >= 15 is 0 Å². The second-order valence-electron chi connectivity index (χ2n) is 9.95. The lowest BCUT2D eigenvalue weighted by atomic mass is 9.70. The van der Waals surface area contributed by atoms with E-state index in [1.165, 1.54) is 29.2 Å². The summed E-state index contributed by atoms with van der Waals surface area (Å²) in [7, 11) is 0. The van der Waals surface area contributed by atoms with E-state index in [-0.39, 0.29) is 41.5 Å². The molecule has 0 saturated heterocycles. The highest BCUT2D eigenvalue weighted by Gasteiger charge is 2.34. The van der Waals surface area contributed by atoms with Gasteiger partial charge in [-0.2, -0.15) is 0 Å². The molecule has 0 fully saturated rings. The highest BCUT2D eigenvalue weighted by molar-refractivity contribution is 6.01. The third-order valence-corrected chi connectivity index (χ3v) is 7.22. The Morgan fingerprint density at radius 3 is 2.32 bits per heavy atom. The van der Waals surface area contributed by atoms with Crippen LogP contribution in [0.15, 0.2) is 6.07 Å². The minimum Gasteiger partial charge on any atom is -0.300 e. The summed E-state index contributed by atoms with van der Waals surface area (Å²) in [5, 5.41) is 0. The fraction of sp³-hybridized carbons (Fsp3) is 0.679. The minimum absolute atomic E-state index is 0.0440. The number of benzene rings is 1. The van der Waals surface area contributed by atoms with Crippen LogP contribution in [-0.2, 0) is 22.4 Å². The third-order valence-electron chi connectivity index (χ3n) is 7.22. The smallest absolute Gasteiger partial charge is 0.163 e. The van der Waals surface area contributed by atoms with Gasteiger partial charge in [0, 0.05) is 17.9 Å². The molecule has 1 aliphatic carbocycles. The van der Waals surface area contributed by atoms with Crippen LogP contribution < -0.4 is 0 Å². The standard InChI is InChI=1S/C28H42O3/c1-8-11-22(23(10-3)26(30)12-18(6)29)13-20-14-25-21(9-2)16-24(17(4)5)19(7)28(25)27(31)15-20/h16-17,20,22-23H,8-15H2,1-7H3. The first kappa shape index (κ1) is 25.5. The lowest BCUT2D eigenvalue weighted by Gasteiger charge is -2.33. The van der Waals surface area contributed by atoms with Gasteiger partial charge >= 0.3 is 0 Å². The van der Waals surface area contributed by atoms with E-state index in [0.29, 0.717) is 12.3 Å². The van der Waals surface area contributed by atoms with Crippen LogP contribution in [-0.4, -0.2) is 17.3 Å². The van der Waals surface area contributed by atoms with Crippen LogP contribution in [0.5, 0.6) is 0 Å². The zero-order chi connectivity index (χ0) is 23.3. The second kappa shape index (κ2) is 11.2. The predicted octanol–water partition coefficient (Wildman–Crippen LogP) is 6.81. The maximum Gasteiger partial charge on any atom is 0.163 e. The number of fused-ring (bicyclic) bond motifs is 1. The number of rotatable bonds is 11. The van der Waals surface area contributed by atoms with Crippen molar-refractivity contribution in [2.45, 2.75) is 106 Å². The van der Waals surface area contributed by atoms with E-state index in [0.717, 1.165) is 44.1 Å². The molecule has 0 aliphatic heterocycles. The van der Waals surface area contributed by atoms with Crippen molar-refractivity contribution in [2.24, 2.45) is 17.8 Å². The Bertz CT molecular complexity index is 818. The highest BCUT2D eigenvalue weighted by atomic mass is 16.1. The van der Waals surface area contributed by atoms with Gasteiger partial charge in [-0.05, 0) is 79.5 Å². The Labute approximate surface area is 189 Å². The van der Waals surface area contributed by atoms with E-state index in [1.54, 1.807) is 0 Å². The van der Waals surface area contributed by atoms with Crippen molar-refractivity contribution in [1.29, 1.82) is 0 Å². The van der Waals surface area contributed by atoms with Gasteiger partial charge in [0.15, 0.2) is 5.78 Å². The molecule has 1 aliphatic rings. The molecule has 1 aromatic rings. The zero-order valence-corrected chi connectivity index (χ0v) is 20.8. The molecule has 3 heteroatoms. The van der Waals surface area contributed by atoms with Gasteiger partial charge in [0.05, 0.1) is 6.42 Å². The molecule has 1 aromatic carbocycles. The average Bonchev–Trinajstić information content (AvgIpc) is 2.67. The second-order valence-corrected chi connectivity index (χ2v) is 9.95. The van der Waals surface area contributed by atoms with Gasteiger partial charge in [-0.3, -0.25) is 14.4 Å². The fourth-order valence-electron chi connectivity index (χ4n) is 5.81. The summed E-state index contributed by atoms with van der Waals surface area (Å²) < 4.78 is 0. The van der Waals surface area contributed by atoms with Crippen molar-refractivity contribution in [3.8, 4) is 0 Å². The highest BCUT2D eigenvalue weighted by Crippen LogP contribution is 2.39. The van der Waals surface area contributed by atoms with Crippen LogP contribution in [0.25, 0.3) is 0 Å². The Kier molecular flexibility index (Phi) is 9.21. The van der Waals surface area contributed by atoms with Crippen LogP contribution in [0, 0.1) is 24.7 Å². The molecule has 0 saturated carbocycles. The van der Waals surface area contributed by atoms with Crippen molar-refractivity contribution in [3.05, 3.63) is 33.9 Å². The molecule has 3 atom stereocenters. The molecule has 0 aromatic heterocycles. The lowest BCUT2D eigenvalue weighted by Crippen LogP contribution is -2.30. The fourth-order valence-corrected chi connectivity index (χ4v) is 5.81. The predicted molar refractivity (Wildman–Crippen MR) is 128 cm³/mol. The largest absolute Gasteiger partial charge is 0.300 e. The summed E-state index contributed by atoms with van der Waals surface area (Å²) in [6.07, 6.45) is 6.16. The lowest BCUT2D eigenvalue weighted by molar-refractivity contribution is -0.129. The van der Waals surface area contributed by atoms with Gasteiger partial charge in [-0.15, -0.1) is 0 Å². The van der Waals surface area contributed by atoms with E-state index in [4.69, 9.17) is 0 Å². The summed E-state index contributed by atoms with van der Waals surface area (Å²) in [5.41, 5.74) is 6.01. The molecule has 0 radical (unpaired) electrons. The summed E-state index contributed by atoms with van der Waals surface area (Å²) in [5.74, 6) is 1.18. The van der Waals surface area contributed by atoms with Gasteiger partial charge < -0.3 is 0 Å². The molecule has 0 N–H and O–H groups in total. The quantitative estimate of drug-likeness (QED) is 0.365. The Morgan fingerprint density at radius 2 is 1.81 bits per heavy atom. The molecule has 3 unspecified atom stereocenters. The summed E-state index contributed by atoms with van der Waals surface area (Å²) in [6.45, 7) is 14.4. The maximum atomic E-state index is 13.3. The van der Waals surface area contributed by atoms with Crippen molar-refractivity contribution >= 4 is 17.3 Å². The molecule has 3 nitrogen and oxygen atoms in total. The minimum atomic E-state index is -0.0731. The van der Waals surface area contributed by atoms with Gasteiger partial charge in [-0.1, -0.05) is 53.5 Å². The Morgan fingerprint density at radius 1 is 1.13 bits per heavy atom. The van der Waals surface area contributed by atoms with Crippen LogP contribution in [0.2, 0.25) is 0 Å². The number of hydrogen-bond acceptors (Lipinski definition) is 3. The summed E-state index contributed by atoms with van der Waals surface area (Å²) in [6, 6.07) is 2.32. The number of ketones is 3. The third kappa shape index (κ3) is 5.93. The van der Waals surface area contributed by atoms with E-state index in [9.17, 15) is 14.4 Å². The molecule has 0 spiro atoms. The maximum absolute atomic E-state index is 13.3. The number of carbonyl (C=O) groups excluding carboxylic acids is 3. The first-order valence-electron chi connectivity index (χ1n) is 12.3. The molecule has 2 rings (SSSR count). The monoisotopic (exact) mass is 426 g/mol. The molecule has 172 valence electrons. The van der Waals surface area contributed by atoms with Gasteiger partial charge in [-0.25, -0.2) is 0 Å². The summed E-state index contributed by atoms with van der Waals surface area (Å²) in [4.78, 5) is 37.6. The molecule has 0 heterocycles. The average molecular weight is 427 g/mol. The van der Waals surface area contributed by atoms with Crippen molar-refractivity contribution < 1.29 is 14.4 Å². The topological polar surface area (TPSA) is 51.2 Å². The number of Topliss-reactive ketones (excluding diaryl/α,β-unsaturated/α-hetero) is 3. The first-order chi connectivity index (χ1) is 14.6. The molecule has 0 amide bonds. The Balaban J connectivity index is 2.34. The zero-order valence-electron chi connectivity index (χ0n) is 20.8. The van der Waals surface area contributed by atoms with Crippen molar-refractivity contribution in [1.82, 2.24) is 0 Å². The molecular formula is C28H42O3. The van der Waals surface area contributed by atoms with E-state index in [1.807, 2.05) is 0 Å². The van der Waals surface area contributed by atoms with Gasteiger partial charge in [0.2, 0.25) is 0 Å². The molecule has 31 heavy (non-hydrogen) atoms. The van der Waals surface area contributed by atoms with Gasteiger partial charge in [0.1, 0.15) is 11.6 Å². The van der Waals surface area contributed by atoms with Crippen LogP contribution in [0.4, 0.5) is 0 Å². The summed E-state index contributed by atoms with van der Waals surface area (Å²) >= 11 is 0. The SMILES string of the molecule is CCCC(CC1CC(=O)c2c(C)c(C(C)C)cc(CC)c2C1)C(CC)C(=O)CC(C)=O. The van der Waals surface area contributed by atoms with Crippen LogP contribution in [0.1, 0.15) is 119 Å². The first-order valence-corrected chi connectivity index (χ1v) is 12.3. The molecular weight excluding hydrogens is 384 g/mol. The number of hydrogen-bond donors (Lipinski definition) is 0. The van der Waals surface area contributed by atoms with Gasteiger partial charge in [0.25, 0.3) is 0 Å². The molecule has 0 bridgehead atoms. The van der Waals surface area contributed by atoms with E-state index in [2.05, 4.69) is 47.6 Å². The van der Waals surface area contributed by atoms with Crippen LogP contribution >= 0.6 is 0 Å². The number of aryl methyl sites for hydroxylation is 1. The van der Waals surface area contributed by atoms with Crippen molar-refractivity contribution in [2.75, 3.05) is 0 Å². The van der Waals surface area contributed by atoms with Crippen LogP contribution in [0.3, 0.4) is 0 Å². The van der Waals surface area contributed by atoms with Crippen molar-refractivity contribution in [3.63, 3.8) is 0 Å².